The van der Waals surface area contributed by atoms with Gasteiger partial charge in [-0.05, 0) is 60.7 Å². The molecule has 0 saturated heterocycles. The Hall–Kier alpha value is -3.25. The highest BCUT2D eigenvalue weighted by Gasteiger charge is 2.15. The summed E-state index contributed by atoms with van der Waals surface area (Å²) in [6.07, 6.45) is 1.55. The van der Waals surface area contributed by atoms with E-state index < -0.39 is 5.97 Å². The Morgan fingerprint density at radius 2 is 1.73 bits per heavy atom. The van der Waals surface area contributed by atoms with Crippen LogP contribution >= 0.6 is 34.8 Å². The molecule has 0 aliphatic carbocycles. The lowest BCUT2D eigenvalue weighted by atomic mass is 10.1. The molecule has 166 valence electrons. The van der Waals surface area contributed by atoms with Crippen molar-refractivity contribution in [2.75, 3.05) is 5.43 Å². The second-order valence-corrected chi connectivity index (χ2v) is 8.19. The number of hydrogen-bond donors (Lipinski definition) is 1. The van der Waals surface area contributed by atoms with Gasteiger partial charge in [-0.15, -0.1) is 0 Å². The van der Waals surface area contributed by atoms with Crippen molar-refractivity contribution in [2.24, 2.45) is 5.10 Å². The number of carbonyl (C=O) groups excluding carboxylic acids is 1. The molecule has 0 amide bonds. The molecule has 1 N–H and O–H groups in total. The van der Waals surface area contributed by atoms with Gasteiger partial charge in [0.25, 0.3) is 0 Å². The molecule has 0 radical (unpaired) electrons. The predicted octanol–water partition coefficient (Wildman–Crippen LogP) is 7.71. The number of rotatable bonds is 7. The predicted molar refractivity (Wildman–Crippen MR) is 132 cm³/mol. The molecule has 0 aliphatic rings. The standard InChI is InChI=1S/C25H17Cl3N2O3/c26-18-6-8-19(9-7-18)30-29-14-20-10-12-24(33-20)16-5-11-23(28)21(13-16)25(31)32-15-17-3-1-2-4-22(17)27/h1-14,30H,15H2. The van der Waals surface area contributed by atoms with Gasteiger partial charge in [0, 0.05) is 21.2 Å². The third-order valence-electron chi connectivity index (χ3n) is 4.64. The summed E-state index contributed by atoms with van der Waals surface area (Å²) in [5.74, 6) is 0.534. The first-order valence-electron chi connectivity index (χ1n) is 9.84. The maximum atomic E-state index is 12.6. The number of esters is 1. The summed E-state index contributed by atoms with van der Waals surface area (Å²) in [7, 11) is 0. The average Bonchev–Trinajstić information content (AvgIpc) is 3.29. The van der Waals surface area contributed by atoms with Crippen LogP contribution in [0.5, 0.6) is 0 Å². The van der Waals surface area contributed by atoms with Gasteiger partial charge < -0.3 is 9.15 Å². The normalized spacial score (nSPS) is 11.0. The van der Waals surface area contributed by atoms with E-state index in [4.69, 9.17) is 44.0 Å². The lowest BCUT2D eigenvalue weighted by Crippen LogP contribution is -2.06. The molecule has 0 bridgehead atoms. The van der Waals surface area contributed by atoms with E-state index in [1.54, 1.807) is 60.8 Å². The van der Waals surface area contributed by atoms with Crippen molar-refractivity contribution in [3.05, 3.63) is 111 Å². The van der Waals surface area contributed by atoms with Crippen LogP contribution in [-0.4, -0.2) is 12.2 Å². The van der Waals surface area contributed by atoms with Crippen molar-refractivity contribution in [3.8, 4) is 11.3 Å². The summed E-state index contributed by atoms with van der Waals surface area (Å²) < 4.78 is 11.2. The maximum absolute atomic E-state index is 12.6. The van der Waals surface area contributed by atoms with Gasteiger partial charge in [0.1, 0.15) is 18.1 Å². The molecule has 1 heterocycles. The van der Waals surface area contributed by atoms with Crippen molar-refractivity contribution in [3.63, 3.8) is 0 Å². The SMILES string of the molecule is O=C(OCc1ccccc1Cl)c1cc(-c2ccc(C=NNc3ccc(Cl)cc3)o2)ccc1Cl. The molecular formula is C25H17Cl3N2O3. The number of benzene rings is 3. The number of nitrogens with zero attached hydrogens (tertiary/aromatic N) is 1. The number of anilines is 1. The van der Waals surface area contributed by atoms with Crippen LogP contribution in [0.3, 0.4) is 0 Å². The molecule has 0 aliphatic heterocycles. The number of carbonyl (C=O) groups is 1. The molecule has 0 fully saturated rings. The zero-order valence-corrected chi connectivity index (χ0v) is 19.4. The zero-order chi connectivity index (χ0) is 23.2. The molecule has 1 aromatic heterocycles. The maximum Gasteiger partial charge on any atom is 0.340 e. The number of furan rings is 1. The number of hydrazone groups is 1. The van der Waals surface area contributed by atoms with E-state index in [1.807, 2.05) is 24.3 Å². The Kier molecular flexibility index (Phi) is 7.35. The third kappa shape index (κ3) is 5.96. The molecule has 8 heteroatoms. The number of ether oxygens (including phenoxy) is 1. The zero-order valence-electron chi connectivity index (χ0n) is 17.1. The quantitative estimate of drug-likeness (QED) is 0.161. The molecular weight excluding hydrogens is 483 g/mol. The van der Waals surface area contributed by atoms with Crippen LogP contribution in [0.1, 0.15) is 21.7 Å². The monoisotopic (exact) mass is 498 g/mol. The van der Waals surface area contributed by atoms with Gasteiger partial charge in [0.05, 0.1) is 22.5 Å². The topological polar surface area (TPSA) is 63.8 Å². The smallest absolute Gasteiger partial charge is 0.340 e. The molecule has 0 saturated carbocycles. The molecule has 0 spiro atoms. The molecule has 0 unspecified atom stereocenters. The fourth-order valence-corrected chi connectivity index (χ4v) is 3.45. The van der Waals surface area contributed by atoms with Crippen LogP contribution in [0.15, 0.2) is 88.4 Å². The summed E-state index contributed by atoms with van der Waals surface area (Å²) in [6.45, 7) is 0.0427. The van der Waals surface area contributed by atoms with Crippen LogP contribution in [0.2, 0.25) is 15.1 Å². The van der Waals surface area contributed by atoms with Gasteiger partial charge >= 0.3 is 5.97 Å². The number of halogens is 3. The van der Waals surface area contributed by atoms with Gasteiger partial charge in [-0.25, -0.2) is 4.79 Å². The fourth-order valence-electron chi connectivity index (χ4n) is 2.94. The van der Waals surface area contributed by atoms with Gasteiger partial charge in [0.15, 0.2) is 0 Å². The van der Waals surface area contributed by atoms with Gasteiger partial charge in [-0.1, -0.05) is 53.0 Å². The largest absolute Gasteiger partial charge is 0.457 e. The molecule has 33 heavy (non-hydrogen) atoms. The van der Waals surface area contributed by atoms with Crippen LogP contribution in [0.4, 0.5) is 5.69 Å². The van der Waals surface area contributed by atoms with Crippen molar-refractivity contribution in [2.45, 2.75) is 6.61 Å². The van der Waals surface area contributed by atoms with Gasteiger partial charge in [-0.2, -0.15) is 5.10 Å². The molecule has 4 aromatic rings. The van der Waals surface area contributed by atoms with E-state index in [-0.39, 0.29) is 17.2 Å². The van der Waals surface area contributed by atoms with Crippen LogP contribution < -0.4 is 5.43 Å². The fraction of sp³-hybridized carbons (Fsp3) is 0.0400. The lowest BCUT2D eigenvalue weighted by Gasteiger charge is -2.09. The first-order chi connectivity index (χ1) is 16.0. The van der Waals surface area contributed by atoms with Crippen molar-refractivity contribution < 1.29 is 13.9 Å². The highest BCUT2D eigenvalue weighted by Crippen LogP contribution is 2.28. The number of nitrogens with one attached hydrogen (secondary N) is 1. The highest BCUT2D eigenvalue weighted by atomic mass is 35.5. The van der Waals surface area contributed by atoms with E-state index in [0.29, 0.717) is 32.7 Å². The van der Waals surface area contributed by atoms with Crippen molar-refractivity contribution in [1.82, 2.24) is 0 Å². The van der Waals surface area contributed by atoms with E-state index in [2.05, 4.69) is 10.5 Å². The Morgan fingerprint density at radius 3 is 2.52 bits per heavy atom. The Morgan fingerprint density at radius 1 is 0.939 bits per heavy atom. The summed E-state index contributed by atoms with van der Waals surface area (Å²) in [5.41, 5.74) is 5.31. The van der Waals surface area contributed by atoms with Crippen molar-refractivity contribution in [1.29, 1.82) is 0 Å². The first-order valence-corrected chi connectivity index (χ1v) is 11.0. The number of hydrogen-bond acceptors (Lipinski definition) is 5. The highest BCUT2D eigenvalue weighted by molar-refractivity contribution is 6.33. The van der Waals surface area contributed by atoms with Crippen molar-refractivity contribution >= 4 is 52.7 Å². The molecule has 4 rings (SSSR count). The van der Waals surface area contributed by atoms with Gasteiger partial charge in [-0.3, -0.25) is 5.43 Å². The Labute approximate surface area is 205 Å². The summed E-state index contributed by atoms with van der Waals surface area (Å²) in [6, 6.07) is 22.9. The van der Waals surface area contributed by atoms with E-state index in [0.717, 1.165) is 5.69 Å². The minimum Gasteiger partial charge on any atom is -0.457 e. The molecule has 5 nitrogen and oxygen atoms in total. The van der Waals surface area contributed by atoms with E-state index >= 15 is 0 Å². The average molecular weight is 500 g/mol. The van der Waals surface area contributed by atoms with Crippen LogP contribution in [-0.2, 0) is 11.3 Å². The third-order valence-corrected chi connectivity index (χ3v) is 5.59. The van der Waals surface area contributed by atoms with Crippen LogP contribution in [0, 0.1) is 0 Å². The lowest BCUT2D eigenvalue weighted by molar-refractivity contribution is 0.0473. The van der Waals surface area contributed by atoms with Crippen LogP contribution in [0.25, 0.3) is 11.3 Å². The Balaban J connectivity index is 1.44. The first kappa shape index (κ1) is 22.9. The van der Waals surface area contributed by atoms with E-state index in [9.17, 15) is 4.79 Å². The molecule has 3 aromatic carbocycles. The minimum absolute atomic E-state index is 0.0427. The van der Waals surface area contributed by atoms with E-state index in [1.165, 1.54) is 0 Å². The second kappa shape index (κ2) is 10.6. The second-order valence-electron chi connectivity index (χ2n) is 6.94. The Bertz CT molecular complexity index is 1300. The summed E-state index contributed by atoms with van der Waals surface area (Å²) in [4.78, 5) is 12.6. The van der Waals surface area contributed by atoms with Gasteiger partial charge in [0.2, 0.25) is 0 Å². The minimum atomic E-state index is -0.553. The molecule has 0 atom stereocenters. The summed E-state index contributed by atoms with van der Waals surface area (Å²) in [5, 5.41) is 5.61. The summed E-state index contributed by atoms with van der Waals surface area (Å²) >= 11 is 18.2.